The second kappa shape index (κ2) is 12.5. The fraction of sp³-hybridized carbons (Fsp3) is 0.321. The van der Waals surface area contributed by atoms with Gasteiger partial charge in [-0.1, -0.05) is 26.0 Å². The molecule has 8 nitrogen and oxygen atoms in total. The number of rotatable bonds is 10. The van der Waals surface area contributed by atoms with E-state index in [2.05, 4.69) is 24.5 Å². The van der Waals surface area contributed by atoms with E-state index in [1.807, 2.05) is 29.2 Å². The van der Waals surface area contributed by atoms with Crippen LogP contribution in [-0.2, 0) is 15.8 Å². The molecule has 0 unspecified atom stereocenters. The topological polar surface area (TPSA) is 104 Å². The zero-order chi connectivity index (χ0) is 28.7. The molecule has 3 rings (SSSR count). The van der Waals surface area contributed by atoms with E-state index >= 15 is 0 Å². The predicted molar refractivity (Wildman–Crippen MR) is 141 cm³/mol. The van der Waals surface area contributed by atoms with Crippen LogP contribution in [0.25, 0.3) is 0 Å². The number of carbonyl (C=O) groups is 3. The molecule has 39 heavy (non-hydrogen) atoms. The number of aromatic nitrogens is 1. The zero-order valence-electron chi connectivity index (χ0n) is 22.1. The van der Waals surface area contributed by atoms with Crippen LogP contribution in [0.5, 0.6) is 11.5 Å². The Balaban J connectivity index is 1.66. The molecule has 3 aromatic rings. The van der Waals surface area contributed by atoms with Crippen molar-refractivity contribution in [2.75, 3.05) is 18.4 Å². The molecule has 3 N–H and O–H groups in total. The Morgan fingerprint density at radius 1 is 0.846 bits per heavy atom. The quantitative estimate of drug-likeness (QED) is 0.311. The summed E-state index contributed by atoms with van der Waals surface area (Å²) in [6.07, 6.45) is -4.68. The Labute approximate surface area is 224 Å². The van der Waals surface area contributed by atoms with Gasteiger partial charge in [0.1, 0.15) is 36.0 Å². The molecule has 208 valence electrons. The van der Waals surface area contributed by atoms with Crippen molar-refractivity contribution in [3.63, 3.8) is 0 Å². The summed E-state index contributed by atoms with van der Waals surface area (Å²) in [4.78, 5) is 40.8. The summed E-state index contributed by atoms with van der Waals surface area (Å²) < 4.78 is 44.7. The van der Waals surface area contributed by atoms with Crippen molar-refractivity contribution < 1.29 is 32.3 Å². The highest BCUT2D eigenvalue weighted by molar-refractivity contribution is 6.00. The third kappa shape index (κ3) is 8.62. The number of amides is 3. The van der Waals surface area contributed by atoms with Crippen LogP contribution in [0.4, 0.5) is 18.9 Å². The Morgan fingerprint density at radius 3 is 1.92 bits per heavy atom. The van der Waals surface area contributed by atoms with Gasteiger partial charge >= 0.3 is 6.18 Å². The highest BCUT2D eigenvalue weighted by atomic mass is 19.4. The number of alkyl halides is 3. The number of benzene rings is 2. The van der Waals surface area contributed by atoms with Gasteiger partial charge < -0.3 is 25.3 Å². The lowest BCUT2D eigenvalue weighted by atomic mass is 10.0. The second-order valence-corrected chi connectivity index (χ2v) is 9.57. The molecule has 0 atom stereocenters. The van der Waals surface area contributed by atoms with Crippen molar-refractivity contribution in [2.24, 2.45) is 0 Å². The molecule has 3 amide bonds. The normalized spacial score (nSPS) is 11.4. The van der Waals surface area contributed by atoms with Crippen LogP contribution in [0, 0.1) is 0 Å². The third-order valence-electron chi connectivity index (χ3n) is 5.55. The van der Waals surface area contributed by atoms with Gasteiger partial charge in [-0.25, -0.2) is 0 Å². The first kappa shape index (κ1) is 29.3. The smallest absolute Gasteiger partial charge is 0.431 e. The summed E-state index contributed by atoms with van der Waals surface area (Å²) in [5.41, 5.74) is 0.0860. The van der Waals surface area contributed by atoms with Crippen molar-refractivity contribution in [2.45, 2.75) is 45.8 Å². The fourth-order valence-electron chi connectivity index (χ4n) is 3.63. The van der Waals surface area contributed by atoms with E-state index in [-0.39, 0.29) is 6.04 Å². The lowest BCUT2D eigenvalue weighted by Crippen LogP contribution is -2.45. The van der Waals surface area contributed by atoms with Crippen molar-refractivity contribution in [1.29, 1.82) is 0 Å². The summed E-state index contributed by atoms with van der Waals surface area (Å²) in [5, 5.41) is 5.22. The predicted octanol–water partition coefficient (Wildman–Crippen LogP) is 5.55. The van der Waals surface area contributed by atoms with Gasteiger partial charge in [0, 0.05) is 11.7 Å². The summed E-state index contributed by atoms with van der Waals surface area (Å²) in [6, 6.07) is 15.7. The van der Waals surface area contributed by atoms with E-state index in [9.17, 15) is 27.6 Å². The molecule has 0 spiro atoms. The first-order valence-electron chi connectivity index (χ1n) is 12.3. The van der Waals surface area contributed by atoms with Crippen LogP contribution < -0.4 is 15.4 Å². The van der Waals surface area contributed by atoms with Crippen LogP contribution in [0.2, 0.25) is 0 Å². The number of hydrogen-bond acceptors (Lipinski definition) is 4. The van der Waals surface area contributed by atoms with E-state index in [1.165, 1.54) is 5.56 Å². The molecule has 0 saturated carbocycles. The molecular formula is C28H31F3N4O4. The Bertz CT molecular complexity index is 1280. The number of ether oxygens (including phenoxy) is 1. The molecule has 0 saturated heterocycles. The number of nitrogens with zero attached hydrogens (tertiary/aromatic N) is 1. The van der Waals surface area contributed by atoms with Gasteiger partial charge in [-0.2, -0.15) is 13.2 Å². The number of halogens is 3. The molecule has 0 aliphatic carbocycles. The molecular weight excluding hydrogens is 513 g/mol. The number of anilines is 1. The maximum atomic E-state index is 13.0. The number of nitrogens with one attached hydrogen (secondary N) is 3. The summed E-state index contributed by atoms with van der Waals surface area (Å²) in [7, 11) is 0. The van der Waals surface area contributed by atoms with Crippen LogP contribution >= 0.6 is 0 Å². The van der Waals surface area contributed by atoms with Crippen molar-refractivity contribution >= 4 is 23.4 Å². The number of H-pyrrole nitrogens is 1. The number of hydrogen-bond donors (Lipinski definition) is 3. The molecule has 0 aliphatic rings. The maximum Gasteiger partial charge on any atom is 0.431 e. The van der Waals surface area contributed by atoms with Crippen LogP contribution in [0.1, 0.15) is 55.4 Å². The van der Waals surface area contributed by atoms with Crippen LogP contribution in [0.15, 0.2) is 60.7 Å². The monoisotopic (exact) mass is 544 g/mol. The summed E-state index contributed by atoms with van der Waals surface area (Å²) in [6.45, 7) is 6.54. The van der Waals surface area contributed by atoms with Crippen LogP contribution in [-0.4, -0.2) is 46.7 Å². The SMILES string of the molecule is CC(C)NC(=O)CN(CC(=O)Nc1ccc(Oc2ccc(C(C)C)cc2)cc1)C(=O)c1ccc(C(F)(F)F)[nH]1. The molecule has 0 radical (unpaired) electrons. The fourth-order valence-corrected chi connectivity index (χ4v) is 3.63. The summed E-state index contributed by atoms with van der Waals surface area (Å²) in [5.74, 6) is -0.523. The van der Waals surface area contributed by atoms with Crippen molar-refractivity contribution in [1.82, 2.24) is 15.2 Å². The lowest BCUT2D eigenvalue weighted by Gasteiger charge is -2.22. The third-order valence-corrected chi connectivity index (χ3v) is 5.55. The minimum Gasteiger partial charge on any atom is -0.457 e. The average molecular weight is 545 g/mol. The van der Waals surface area contributed by atoms with E-state index < -0.39 is 48.4 Å². The molecule has 1 heterocycles. The van der Waals surface area contributed by atoms with Gasteiger partial charge in [-0.15, -0.1) is 0 Å². The van der Waals surface area contributed by atoms with Gasteiger partial charge in [0.25, 0.3) is 5.91 Å². The van der Waals surface area contributed by atoms with Gasteiger partial charge in [0.15, 0.2) is 0 Å². The maximum absolute atomic E-state index is 13.0. The standard InChI is InChI=1S/C28H31F3N4O4/c1-17(2)19-5-9-21(10-6-19)39-22-11-7-20(8-12-22)33-26(37)16-35(15-25(36)32-18(3)4)27(38)23-13-14-24(34-23)28(29,30)31/h5-14,17-18,34H,15-16H2,1-4H3,(H,32,36)(H,33,37). The van der Waals surface area contributed by atoms with Gasteiger partial charge in [0.05, 0.1) is 0 Å². The molecule has 1 aromatic heterocycles. The lowest BCUT2D eigenvalue weighted by molar-refractivity contribution is -0.140. The van der Waals surface area contributed by atoms with Crippen molar-refractivity contribution in [3.8, 4) is 11.5 Å². The second-order valence-electron chi connectivity index (χ2n) is 9.57. The van der Waals surface area contributed by atoms with Gasteiger partial charge in [0.2, 0.25) is 11.8 Å². The Morgan fingerprint density at radius 2 is 1.41 bits per heavy atom. The average Bonchev–Trinajstić information content (AvgIpc) is 3.35. The molecule has 2 aromatic carbocycles. The highest BCUT2D eigenvalue weighted by Crippen LogP contribution is 2.28. The minimum atomic E-state index is -4.68. The Kier molecular flexibility index (Phi) is 9.39. The first-order valence-corrected chi connectivity index (χ1v) is 12.3. The van der Waals surface area contributed by atoms with E-state index in [1.54, 1.807) is 38.1 Å². The largest absolute Gasteiger partial charge is 0.457 e. The number of aromatic amines is 1. The zero-order valence-corrected chi connectivity index (χ0v) is 22.1. The molecule has 11 heteroatoms. The highest BCUT2D eigenvalue weighted by Gasteiger charge is 2.33. The molecule has 0 bridgehead atoms. The molecule has 0 aliphatic heterocycles. The summed E-state index contributed by atoms with van der Waals surface area (Å²) >= 11 is 0. The van der Waals surface area contributed by atoms with E-state index in [0.717, 1.165) is 17.0 Å². The molecule has 0 fully saturated rings. The van der Waals surface area contributed by atoms with E-state index in [0.29, 0.717) is 23.1 Å². The van der Waals surface area contributed by atoms with E-state index in [4.69, 9.17) is 4.74 Å². The van der Waals surface area contributed by atoms with Crippen molar-refractivity contribution in [3.05, 3.63) is 77.6 Å². The number of carbonyl (C=O) groups excluding carboxylic acids is 3. The minimum absolute atomic E-state index is 0.237. The Hall–Kier alpha value is -4.28. The van der Waals surface area contributed by atoms with Gasteiger partial charge in [-0.05, 0) is 73.9 Å². The van der Waals surface area contributed by atoms with Crippen LogP contribution in [0.3, 0.4) is 0 Å². The first-order chi connectivity index (χ1) is 18.3. The van der Waals surface area contributed by atoms with Gasteiger partial charge in [-0.3, -0.25) is 14.4 Å².